The fourth-order valence-electron chi connectivity index (χ4n) is 2.88. The van der Waals surface area contributed by atoms with Crippen LogP contribution in [0.1, 0.15) is 47.0 Å². The second kappa shape index (κ2) is 7.63. The van der Waals surface area contributed by atoms with Gasteiger partial charge in [0.1, 0.15) is 12.2 Å². The second-order valence-electron chi connectivity index (χ2n) is 6.43. The number of pyridine rings is 1. The normalized spacial score (nSPS) is 15.8. The van der Waals surface area contributed by atoms with Gasteiger partial charge < -0.3 is 9.64 Å². The summed E-state index contributed by atoms with van der Waals surface area (Å²) < 4.78 is 4.90. The maximum Gasteiger partial charge on any atom is 0.307 e. The predicted octanol–water partition coefficient (Wildman–Crippen LogP) is 0.869. The predicted molar refractivity (Wildman–Crippen MR) is 90.2 cm³/mol. The molecule has 0 spiro atoms. The van der Waals surface area contributed by atoms with E-state index in [2.05, 4.69) is 4.98 Å². The van der Waals surface area contributed by atoms with Crippen LogP contribution in [0, 0.1) is 5.92 Å². The molecule has 1 fully saturated rings. The van der Waals surface area contributed by atoms with Crippen LogP contribution >= 0.6 is 0 Å². The SMILES string of the molecule is CCOC(=O)CCN(CC1CC1)C(=O)CN1C(=O)c2cccnc2C1=O. The zero-order valence-corrected chi connectivity index (χ0v) is 14.6. The third-order valence-corrected chi connectivity index (χ3v) is 4.44. The first-order chi connectivity index (χ1) is 12.5. The summed E-state index contributed by atoms with van der Waals surface area (Å²) in [5.74, 6) is -1.37. The van der Waals surface area contributed by atoms with Crippen molar-refractivity contribution in [3.63, 3.8) is 0 Å². The van der Waals surface area contributed by atoms with Crippen LogP contribution in [-0.4, -0.2) is 64.7 Å². The average Bonchev–Trinajstić information content (AvgIpc) is 3.42. The Kier molecular flexibility index (Phi) is 5.29. The van der Waals surface area contributed by atoms with Crippen LogP contribution in [0.2, 0.25) is 0 Å². The van der Waals surface area contributed by atoms with E-state index in [4.69, 9.17) is 4.74 Å². The third kappa shape index (κ3) is 3.89. The number of fused-ring (bicyclic) bond motifs is 1. The number of hydrogen-bond donors (Lipinski definition) is 0. The van der Waals surface area contributed by atoms with Gasteiger partial charge in [0.25, 0.3) is 11.8 Å². The van der Waals surface area contributed by atoms with E-state index in [1.807, 2.05) is 0 Å². The van der Waals surface area contributed by atoms with E-state index in [0.717, 1.165) is 17.7 Å². The summed E-state index contributed by atoms with van der Waals surface area (Å²) in [6.07, 6.45) is 3.62. The molecule has 0 N–H and O–H groups in total. The molecule has 0 bridgehead atoms. The molecule has 2 aliphatic rings. The van der Waals surface area contributed by atoms with Gasteiger partial charge in [-0.1, -0.05) is 0 Å². The van der Waals surface area contributed by atoms with Crippen LogP contribution in [-0.2, 0) is 14.3 Å². The van der Waals surface area contributed by atoms with E-state index in [1.54, 1.807) is 17.9 Å². The number of nitrogens with zero attached hydrogens (tertiary/aromatic N) is 3. The fraction of sp³-hybridized carbons (Fsp3) is 0.500. The molecule has 1 aliphatic carbocycles. The monoisotopic (exact) mass is 359 g/mol. The highest BCUT2D eigenvalue weighted by molar-refractivity contribution is 6.21. The Labute approximate surface area is 151 Å². The summed E-state index contributed by atoms with van der Waals surface area (Å²) in [7, 11) is 0. The number of hydrogen-bond acceptors (Lipinski definition) is 6. The Bertz CT molecular complexity index is 709. The van der Waals surface area contributed by atoms with Gasteiger partial charge in [0.05, 0.1) is 18.6 Å². The number of aromatic nitrogens is 1. The molecular formula is C18H21N3O5. The van der Waals surface area contributed by atoms with Gasteiger partial charge in [0.2, 0.25) is 5.91 Å². The van der Waals surface area contributed by atoms with Crippen LogP contribution in [0.15, 0.2) is 18.3 Å². The number of imide groups is 1. The highest BCUT2D eigenvalue weighted by Gasteiger charge is 2.39. The summed E-state index contributed by atoms with van der Waals surface area (Å²) in [6, 6.07) is 3.10. The summed E-state index contributed by atoms with van der Waals surface area (Å²) in [6.45, 7) is 2.41. The molecule has 1 saturated carbocycles. The number of carbonyl (C=O) groups is 4. The van der Waals surface area contributed by atoms with Crippen molar-refractivity contribution in [1.82, 2.24) is 14.8 Å². The summed E-state index contributed by atoms with van der Waals surface area (Å²) in [5.41, 5.74) is 0.288. The van der Waals surface area contributed by atoms with Crippen LogP contribution in [0.3, 0.4) is 0 Å². The minimum Gasteiger partial charge on any atom is -0.466 e. The van der Waals surface area contributed by atoms with E-state index < -0.39 is 11.8 Å². The van der Waals surface area contributed by atoms with Crippen molar-refractivity contribution in [2.75, 3.05) is 26.2 Å². The molecule has 0 unspecified atom stereocenters. The van der Waals surface area contributed by atoms with Gasteiger partial charge >= 0.3 is 5.97 Å². The summed E-state index contributed by atoms with van der Waals surface area (Å²) >= 11 is 0. The molecule has 0 saturated heterocycles. The molecule has 0 radical (unpaired) electrons. The van der Waals surface area contributed by atoms with Crippen LogP contribution in [0.4, 0.5) is 0 Å². The van der Waals surface area contributed by atoms with Gasteiger partial charge in [0.15, 0.2) is 0 Å². The average molecular weight is 359 g/mol. The standard InChI is InChI=1S/C18H21N3O5/c1-2-26-15(23)7-9-20(10-12-5-6-12)14(22)11-21-17(24)13-4-3-8-19-16(13)18(21)25/h3-4,8,12H,2,5-7,9-11H2,1H3. The van der Waals surface area contributed by atoms with E-state index in [0.29, 0.717) is 12.5 Å². The van der Waals surface area contributed by atoms with E-state index in [-0.39, 0.29) is 49.3 Å². The van der Waals surface area contributed by atoms with Crippen LogP contribution < -0.4 is 0 Å². The Balaban J connectivity index is 1.65. The lowest BCUT2D eigenvalue weighted by molar-refractivity contribution is -0.144. The number of esters is 1. The van der Waals surface area contributed by atoms with Crippen molar-refractivity contribution >= 4 is 23.7 Å². The molecule has 1 aliphatic heterocycles. The summed E-state index contributed by atoms with van der Waals surface area (Å²) in [4.78, 5) is 55.4. The lowest BCUT2D eigenvalue weighted by Gasteiger charge is -2.24. The molecule has 3 amide bonds. The summed E-state index contributed by atoms with van der Waals surface area (Å²) in [5, 5.41) is 0. The quantitative estimate of drug-likeness (QED) is 0.505. The van der Waals surface area contributed by atoms with Crippen molar-refractivity contribution in [3.05, 3.63) is 29.6 Å². The van der Waals surface area contributed by atoms with E-state index in [9.17, 15) is 19.2 Å². The van der Waals surface area contributed by atoms with Crippen molar-refractivity contribution in [2.45, 2.75) is 26.2 Å². The van der Waals surface area contributed by atoms with Gasteiger partial charge in [-0.05, 0) is 37.8 Å². The van der Waals surface area contributed by atoms with E-state index in [1.165, 1.54) is 12.3 Å². The zero-order chi connectivity index (χ0) is 18.7. The van der Waals surface area contributed by atoms with Crippen LogP contribution in [0.25, 0.3) is 0 Å². The molecule has 138 valence electrons. The molecule has 0 atom stereocenters. The van der Waals surface area contributed by atoms with Crippen molar-refractivity contribution in [1.29, 1.82) is 0 Å². The van der Waals surface area contributed by atoms with Gasteiger partial charge in [-0.3, -0.25) is 29.1 Å². The highest BCUT2D eigenvalue weighted by atomic mass is 16.5. The maximum atomic E-state index is 12.7. The first kappa shape index (κ1) is 18.0. The largest absolute Gasteiger partial charge is 0.466 e. The Morgan fingerprint density at radius 1 is 1.31 bits per heavy atom. The molecule has 8 nitrogen and oxygen atoms in total. The van der Waals surface area contributed by atoms with Crippen molar-refractivity contribution in [3.8, 4) is 0 Å². The van der Waals surface area contributed by atoms with E-state index >= 15 is 0 Å². The number of rotatable bonds is 8. The van der Waals surface area contributed by atoms with Crippen LogP contribution in [0.5, 0.6) is 0 Å². The van der Waals surface area contributed by atoms with Gasteiger partial charge in [-0.15, -0.1) is 0 Å². The molecule has 1 aromatic rings. The molecule has 8 heteroatoms. The number of amides is 3. The molecule has 26 heavy (non-hydrogen) atoms. The molecule has 1 aromatic heterocycles. The Hall–Kier alpha value is -2.77. The van der Waals surface area contributed by atoms with Crippen molar-refractivity contribution in [2.24, 2.45) is 5.92 Å². The second-order valence-corrected chi connectivity index (χ2v) is 6.43. The topological polar surface area (TPSA) is 96.9 Å². The lowest BCUT2D eigenvalue weighted by atomic mass is 10.2. The molecule has 0 aromatic carbocycles. The molecule has 2 heterocycles. The first-order valence-electron chi connectivity index (χ1n) is 8.75. The minimum absolute atomic E-state index is 0.0746. The minimum atomic E-state index is -0.560. The lowest BCUT2D eigenvalue weighted by Crippen LogP contribution is -2.44. The fourth-order valence-corrected chi connectivity index (χ4v) is 2.88. The zero-order valence-electron chi connectivity index (χ0n) is 14.6. The highest BCUT2D eigenvalue weighted by Crippen LogP contribution is 2.30. The van der Waals surface area contributed by atoms with Crippen molar-refractivity contribution < 1.29 is 23.9 Å². The molecule has 3 rings (SSSR count). The number of ether oxygens (including phenoxy) is 1. The smallest absolute Gasteiger partial charge is 0.307 e. The third-order valence-electron chi connectivity index (χ3n) is 4.44. The Morgan fingerprint density at radius 2 is 2.08 bits per heavy atom. The van der Waals surface area contributed by atoms with Gasteiger partial charge in [-0.2, -0.15) is 0 Å². The maximum absolute atomic E-state index is 12.7. The van der Waals surface area contributed by atoms with Gasteiger partial charge in [-0.25, -0.2) is 0 Å². The number of carbonyl (C=O) groups excluding carboxylic acids is 4. The Morgan fingerprint density at radius 3 is 2.73 bits per heavy atom. The molecular weight excluding hydrogens is 338 g/mol. The van der Waals surface area contributed by atoms with Gasteiger partial charge in [0, 0.05) is 19.3 Å². The first-order valence-corrected chi connectivity index (χ1v) is 8.75.